The van der Waals surface area contributed by atoms with Gasteiger partial charge in [0.1, 0.15) is 11.4 Å². The molecule has 15 heavy (non-hydrogen) atoms. The van der Waals surface area contributed by atoms with Crippen LogP contribution in [-0.2, 0) is 6.42 Å². The van der Waals surface area contributed by atoms with Crippen LogP contribution in [0.4, 0.5) is 4.39 Å². The van der Waals surface area contributed by atoms with Gasteiger partial charge < -0.3 is 9.52 Å². The molecule has 78 valence electrons. The van der Waals surface area contributed by atoms with Crippen LogP contribution >= 0.6 is 0 Å². The minimum atomic E-state index is -0.674. The molecule has 0 radical (unpaired) electrons. The highest BCUT2D eigenvalue weighted by Crippen LogP contribution is 2.40. The lowest BCUT2D eigenvalue weighted by Crippen LogP contribution is -2.12. The van der Waals surface area contributed by atoms with Crippen molar-refractivity contribution in [2.45, 2.75) is 24.9 Å². The van der Waals surface area contributed by atoms with E-state index in [-0.39, 0.29) is 5.82 Å². The zero-order valence-electron chi connectivity index (χ0n) is 8.16. The molecule has 1 fully saturated rings. The van der Waals surface area contributed by atoms with Crippen LogP contribution in [0.2, 0.25) is 0 Å². The Balaban J connectivity index is 2.13. The molecular weight excluding hydrogens is 195 g/mol. The van der Waals surface area contributed by atoms with Crippen LogP contribution in [0.3, 0.4) is 0 Å². The zero-order valence-corrected chi connectivity index (χ0v) is 8.16. The van der Waals surface area contributed by atoms with Crippen molar-refractivity contribution < 1.29 is 13.9 Å². The summed E-state index contributed by atoms with van der Waals surface area (Å²) in [4.78, 5) is 0. The lowest BCUT2D eigenvalue weighted by molar-refractivity contribution is 0.150. The van der Waals surface area contributed by atoms with E-state index in [1.807, 2.05) is 0 Å². The Hall–Kier alpha value is -1.35. The van der Waals surface area contributed by atoms with Crippen LogP contribution in [-0.4, -0.2) is 10.7 Å². The minimum Gasteiger partial charge on any atom is -0.464 e. The first-order valence-electron chi connectivity index (χ1n) is 5.05. The average molecular weight is 206 g/mol. The summed E-state index contributed by atoms with van der Waals surface area (Å²) in [5, 5.41) is 10.6. The smallest absolute Gasteiger partial charge is 0.134 e. The first-order chi connectivity index (χ1) is 7.18. The molecule has 1 aromatic carbocycles. The van der Waals surface area contributed by atoms with Crippen molar-refractivity contribution in [1.82, 2.24) is 0 Å². The van der Waals surface area contributed by atoms with Crippen molar-refractivity contribution in [3.8, 4) is 0 Å². The molecule has 1 aliphatic rings. The van der Waals surface area contributed by atoms with Gasteiger partial charge in [-0.05, 0) is 31.0 Å². The lowest BCUT2D eigenvalue weighted by Gasteiger charge is -2.09. The van der Waals surface area contributed by atoms with Crippen LogP contribution in [0.1, 0.15) is 18.4 Å². The molecule has 0 bridgehead atoms. The number of halogens is 1. The molecule has 1 heterocycles. The highest BCUT2D eigenvalue weighted by atomic mass is 19.1. The normalized spacial score (nSPS) is 18.3. The predicted octanol–water partition coefficient (Wildman–Crippen LogP) is 2.64. The maximum absolute atomic E-state index is 13.6. The summed E-state index contributed by atoms with van der Waals surface area (Å²) >= 11 is 0. The quantitative estimate of drug-likeness (QED) is 0.819. The fourth-order valence-electron chi connectivity index (χ4n) is 1.91. The van der Waals surface area contributed by atoms with Crippen LogP contribution < -0.4 is 0 Å². The van der Waals surface area contributed by atoms with Gasteiger partial charge in [0, 0.05) is 17.4 Å². The van der Waals surface area contributed by atoms with E-state index in [1.165, 1.54) is 6.07 Å². The number of aliphatic hydroxyl groups is 1. The van der Waals surface area contributed by atoms with Gasteiger partial charge in [-0.2, -0.15) is 0 Å². The fourth-order valence-corrected chi connectivity index (χ4v) is 1.91. The monoisotopic (exact) mass is 206 g/mol. The Bertz CT molecular complexity index is 511. The van der Waals surface area contributed by atoms with Gasteiger partial charge in [-0.1, -0.05) is 0 Å². The van der Waals surface area contributed by atoms with Crippen molar-refractivity contribution in [3.63, 3.8) is 0 Å². The number of hydrogen-bond acceptors (Lipinski definition) is 2. The van der Waals surface area contributed by atoms with Gasteiger partial charge >= 0.3 is 0 Å². The fraction of sp³-hybridized carbons (Fsp3) is 0.333. The number of hydrogen-bond donors (Lipinski definition) is 1. The van der Waals surface area contributed by atoms with Gasteiger partial charge in [-0.3, -0.25) is 0 Å². The number of benzene rings is 1. The van der Waals surface area contributed by atoms with E-state index in [2.05, 4.69) is 0 Å². The first-order valence-corrected chi connectivity index (χ1v) is 5.05. The SMILES string of the molecule is OC1(Cc2c(F)ccc3occc23)CC1. The Morgan fingerprint density at radius 1 is 1.33 bits per heavy atom. The summed E-state index contributed by atoms with van der Waals surface area (Å²) < 4.78 is 18.8. The third kappa shape index (κ3) is 1.43. The number of rotatable bonds is 2. The van der Waals surface area contributed by atoms with E-state index in [9.17, 15) is 9.50 Å². The molecule has 2 nitrogen and oxygen atoms in total. The molecule has 0 spiro atoms. The first kappa shape index (κ1) is 8.92. The Morgan fingerprint density at radius 2 is 2.13 bits per heavy atom. The molecule has 3 heteroatoms. The van der Waals surface area contributed by atoms with E-state index in [0.717, 1.165) is 18.2 Å². The van der Waals surface area contributed by atoms with Gasteiger partial charge in [0.15, 0.2) is 0 Å². The standard InChI is InChI=1S/C12H11FO2/c13-10-1-2-11-8(3-6-15-11)9(10)7-12(14)4-5-12/h1-3,6,14H,4-5,7H2. The van der Waals surface area contributed by atoms with Gasteiger partial charge in [0.05, 0.1) is 11.9 Å². The second-order valence-electron chi connectivity index (χ2n) is 4.26. The number of fused-ring (bicyclic) bond motifs is 1. The summed E-state index contributed by atoms with van der Waals surface area (Å²) in [6.07, 6.45) is 3.46. The van der Waals surface area contributed by atoms with Gasteiger partial charge in [-0.25, -0.2) is 4.39 Å². The Morgan fingerprint density at radius 3 is 2.87 bits per heavy atom. The largest absolute Gasteiger partial charge is 0.464 e. The zero-order chi connectivity index (χ0) is 10.5. The third-order valence-electron chi connectivity index (χ3n) is 3.02. The van der Waals surface area contributed by atoms with Crippen LogP contribution in [0.15, 0.2) is 28.9 Å². The molecule has 1 aromatic heterocycles. The second-order valence-corrected chi connectivity index (χ2v) is 4.26. The molecule has 3 rings (SSSR count). The molecule has 0 aliphatic heterocycles. The predicted molar refractivity (Wildman–Crippen MR) is 54.1 cm³/mol. The molecule has 1 N–H and O–H groups in total. The van der Waals surface area contributed by atoms with Crippen LogP contribution in [0.5, 0.6) is 0 Å². The lowest BCUT2D eigenvalue weighted by atomic mass is 10.0. The molecule has 0 unspecified atom stereocenters. The molecule has 0 atom stereocenters. The second kappa shape index (κ2) is 2.83. The third-order valence-corrected chi connectivity index (χ3v) is 3.02. The summed E-state index contributed by atoms with van der Waals surface area (Å²) in [6, 6.07) is 4.76. The topological polar surface area (TPSA) is 33.4 Å². The van der Waals surface area contributed by atoms with Crippen molar-refractivity contribution >= 4 is 11.0 Å². The van der Waals surface area contributed by atoms with Crippen molar-refractivity contribution in [2.75, 3.05) is 0 Å². The van der Waals surface area contributed by atoms with E-state index in [4.69, 9.17) is 4.42 Å². The molecule has 1 aliphatic carbocycles. The average Bonchev–Trinajstić information content (AvgIpc) is 2.78. The molecule has 0 saturated heterocycles. The molecule has 0 amide bonds. The van der Waals surface area contributed by atoms with Crippen molar-refractivity contribution in [1.29, 1.82) is 0 Å². The Labute approximate surface area is 86.3 Å². The molecular formula is C12H11FO2. The molecule has 1 saturated carbocycles. The van der Waals surface area contributed by atoms with E-state index in [1.54, 1.807) is 18.4 Å². The number of furan rings is 1. The van der Waals surface area contributed by atoms with Gasteiger partial charge in [0.25, 0.3) is 0 Å². The Kier molecular flexibility index (Phi) is 1.68. The summed E-state index contributed by atoms with van der Waals surface area (Å²) in [7, 11) is 0. The van der Waals surface area contributed by atoms with Gasteiger partial charge in [-0.15, -0.1) is 0 Å². The van der Waals surface area contributed by atoms with E-state index in [0.29, 0.717) is 17.6 Å². The van der Waals surface area contributed by atoms with E-state index >= 15 is 0 Å². The van der Waals surface area contributed by atoms with Crippen LogP contribution in [0.25, 0.3) is 11.0 Å². The van der Waals surface area contributed by atoms with E-state index < -0.39 is 5.60 Å². The van der Waals surface area contributed by atoms with Crippen molar-refractivity contribution in [3.05, 3.63) is 35.8 Å². The minimum absolute atomic E-state index is 0.260. The maximum atomic E-state index is 13.6. The van der Waals surface area contributed by atoms with Crippen molar-refractivity contribution in [2.24, 2.45) is 0 Å². The summed E-state index contributed by atoms with van der Waals surface area (Å²) in [5.74, 6) is -0.260. The van der Waals surface area contributed by atoms with Gasteiger partial charge in [0.2, 0.25) is 0 Å². The highest BCUT2D eigenvalue weighted by Gasteiger charge is 2.41. The highest BCUT2D eigenvalue weighted by molar-refractivity contribution is 5.81. The maximum Gasteiger partial charge on any atom is 0.134 e. The summed E-state index contributed by atoms with van der Waals surface area (Å²) in [6.45, 7) is 0. The molecule has 2 aromatic rings. The summed E-state index contributed by atoms with van der Waals surface area (Å²) in [5.41, 5.74) is 0.573. The van der Waals surface area contributed by atoms with Crippen LogP contribution in [0, 0.1) is 5.82 Å².